The van der Waals surface area contributed by atoms with E-state index in [9.17, 15) is 9.90 Å². The van der Waals surface area contributed by atoms with E-state index < -0.39 is 0 Å². The molecule has 1 aliphatic heterocycles. The van der Waals surface area contributed by atoms with Gasteiger partial charge in [-0.2, -0.15) is 0 Å². The quantitative estimate of drug-likeness (QED) is 0.667. The topological polar surface area (TPSA) is 43.8 Å². The second-order valence-electron chi connectivity index (χ2n) is 9.40. The minimum absolute atomic E-state index is 0.217. The first-order valence-electron chi connectivity index (χ1n) is 11.8. The Morgan fingerprint density at radius 1 is 1.17 bits per heavy atom. The zero-order valence-electron chi connectivity index (χ0n) is 18.5. The highest BCUT2D eigenvalue weighted by Crippen LogP contribution is 2.42. The summed E-state index contributed by atoms with van der Waals surface area (Å²) in [4.78, 5) is 17.9. The lowest BCUT2D eigenvalue weighted by Crippen LogP contribution is -2.45. The van der Waals surface area contributed by atoms with Crippen molar-refractivity contribution in [2.45, 2.75) is 71.3 Å². The lowest BCUT2D eigenvalue weighted by molar-refractivity contribution is -0.136. The highest BCUT2D eigenvalue weighted by Gasteiger charge is 2.36. The molecule has 4 heteroatoms. The molecule has 1 atom stereocenters. The number of aliphatic hydroxyl groups is 1. The fourth-order valence-corrected chi connectivity index (χ4v) is 5.34. The van der Waals surface area contributed by atoms with Crippen molar-refractivity contribution in [2.24, 2.45) is 11.8 Å². The minimum Gasteiger partial charge on any atom is -0.396 e. The number of fused-ring (bicyclic) bond motifs is 1. The van der Waals surface area contributed by atoms with Gasteiger partial charge in [-0.25, -0.2) is 0 Å². The van der Waals surface area contributed by atoms with Crippen LogP contribution < -0.4 is 0 Å². The van der Waals surface area contributed by atoms with Crippen LogP contribution in [0.2, 0.25) is 0 Å². The van der Waals surface area contributed by atoms with Gasteiger partial charge in [-0.3, -0.25) is 4.79 Å². The Kier molecular flexibility index (Phi) is 8.55. The molecule has 1 saturated carbocycles. The van der Waals surface area contributed by atoms with Crippen LogP contribution in [-0.2, 0) is 11.2 Å². The first-order valence-corrected chi connectivity index (χ1v) is 11.8. The maximum absolute atomic E-state index is 13.4. The van der Waals surface area contributed by atoms with E-state index in [-0.39, 0.29) is 12.6 Å². The number of amides is 1. The maximum Gasteiger partial charge on any atom is 0.224 e. The molecule has 1 fully saturated rings. The molecule has 1 aliphatic carbocycles. The number of rotatable bonds is 9. The highest BCUT2D eigenvalue weighted by molar-refractivity contribution is 5.77. The van der Waals surface area contributed by atoms with Gasteiger partial charge in [0.25, 0.3) is 0 Å². The van der Waals surface area contributed by atoms with E-state index in [1.807, 2.05) is 0 Å². The van der Waals surface area contributed by atoms with Crippen molar-refractivity contribution in [3.8, 4) is 0 Å². The van der Waals surface area contributed by atoms with Crippen LogP contribution in [0.3, 0.4) is 0 Å². The predicted octanol–water partition coefficient (Wildman–Crippen LogP) is 4.42. The summed E-state index contributed by atoms with van der Waals surface area (Å²) < 4.78 is 0. The molecular weight excluding hydrogens is 360 g/mol. The molecule has 0 spiro atoms. The van der Waals surface area contributed by atoms with Gasteiger partial charge in [0.2, 0.25) is 5.91 Å². The zero-order chi connectivity index (χ0) is 20.6. The Bertz CT molecular complexity index is 639. The molecule has 0 bridgehead atoms. The van der Waals surface area contributed by atoms with Gasteiger partial charge >= 0.3 is 0 Å². The zero-order valence-corrected chi connectivity index (χ0v) is 18.5. The SMILES string of the molecule is CC(C)CN(CCCO)CCC(=O)N1CCc2ccccc2C1C1CCCCC1. The van der Waals surface area contributed by atoms with Gasteiger partial charge < -0.3 is 14.9 Å². The molecule has 1 unspecified atom stereocenters. The van der Waals surface area contributed by atoms with Gasteiger partial charge in [0.05, 0.1) is 6.04 Å². The van der Waals surface area contributed by atoms with E-state index >= 15 is 0 Å². The van der Waals surface area contributed by atoms with Crippen LogP contribution in [0.15, 0.2) is 24.3 Å². The highest BCUT2D eigenvalue weighted by atomic mass is 16.3. The fourth-order valence-electron chi connectivity index (χ4n) is 5.34. The number of nitrogens with zero attached hydrogens (tertiary/aromatic N) is 2. The summed E-state index contributed by atoms with van der Waals surface area (Å²) in [5, 5.41) is 9.20. The van der Waals surface area contributed by atoms with E-state index in [2.05, 4.69) is 47.9 Å². The van der Waals surface area contributed by atoms with Crippen molar-refractivity contribution in [3.63, 3.8) is 0 Å². The second kappa shape index (κ2) is 11.1. The summed E-state index contributed by atoms with van der Waals surface area (Å²) in [7, 11) is 0. The molecule has 3 rings (SSSR count). The smallest absolute Gasteiger partial charge is 0.224 e. The Morgan fingerprint density at radius 3 is 2.66 bits per heavy atom. The molecule has 0 radical (unpaired) electrons. The third-order valence-corrected chi connectivity index (χ3v) is 6.65. The first-order chi connectivity index (χ1) is 14.1. The molecule has 1 aromatic carbocycles. The van der Waals surface area contributed by atoms with Gasteiger partial charge in [-0.1, -0.05) is 57.4 Å². The minimum atomic E-state index is 0.217. The van der Waals surface area contributed by atoms with Crippen LogP contribution in [-0.4, -0.2) is 53.6 Å². The second-order valence-corrected chi connectivity index (χ2v) is 9.40. The number of benzene rings is 1. The number of carbonyl (C=O) groups excluding carboxylic acids is 1. The lowest BCUT2D eigenvalue weighted by Gasteiger charge is -2.43. The summed E-state index contributed by atoms with van der Waals surface area (Å²) in [6, 6.07) is 9.07. The molecule has 1 amide bonds. The molecule has 29 heavy (non-hydrogen) atoms. The molecule has 0 saturated heterocycles. The first kappa shape index (κ1) is 22.3. The predicted molar refractivity (Wildman–Crippen MR) is 119 cm³/mol. The van der Waals surface area contributed by atoms with Crippen LogP contribution >= 0.6 is 0 Å². The molecule has 1 N–H and O–H groups in total. The van der Waals surface area contributed by atoms with E-state index in [4.69, 9.17) is 0 Å². The molecule has 162 valence electrons. The Labute approximate surface area is 177 Å². The number of hydrogen-bond donors (Lipinski definition) is 1. The summed E-state index contributed by atoms with van der Waals surface area (Å²) in [6.45, 7) is 8.17. The van der Waals surface area contributed by atoms with Crippen LogP contribution in [0, 0.1) is 11.8 Å². The lowest BCUT2D eigenvalue weighted by atomic mass is 9.77. The standard InChI is InChI=1S/C25H40N2O2/c1-20(2)19-26(15-8-18-28)16-14-24(29)27-17-13-21-9-6-7-12-23(21)25(27)22-10-4-3-5-11-22/h6-7,9,12,20,22,25,28H,3-5,8,10-11,13-19H2,1-2H3. The normalized spacial score (nSPS) is 20.3. The molecule has 1 aromatic rings. The number of aliphatic hydroxyl groups excluding tert-OH is 1. The van der Waals surface area contributed by atoms with E-state index in [1.165, 1.54) is 43.2 Å². The van der Waals surface area contributed by atoms with Crippen LogP contribution in [0.5, 0.6) is 0 Å². The van der Waals surface area contributed by atoms with Crippen molar-refractivity contribution in [1.29, 1.82) is 0 Å². The monoisotopic (exact) mass is 400 g/mol. The largest absolute Gasteiger partial charge is 0.396 e. The van der Waals surface area contributed by atoms with Crippen LogP contribution in [0.4, 0.5) is 0 Å². The van der Waals surface area contributed by atoms with Crippen molar-refractivity contribution < 1.29 is 9.90 Å². The third kappa shape index (κ3) is 6.05. The van der Waals surface area contributed by atoms with E-state index in [1.54, 1.807) is 0 Å². The summed E-state index contributed by atoms with van der Waals surface area (Å²) in [6.07, 6.45) is 8.78. The van der Waals surface area contributed by atoms with Gasteiger partial charge in [-0.05, 0) is 48.6 Å². The van der Waals surface area contributed by atoms with Gasteiger partial charge in [0.15, 0.2) is 0 Å². The van der Waals surface area contributed by atoms with Crippen molar-refractivity contribution >= 4 is 5.91 Å². The summed E-state index contributed by atoms with van der Waals surface area (Å²) in [5.41, 5.74) is 2.84. The Balaban J connectivity index is 1.70. The number of carbonyl (C=O) groups is 1. The molecule has 4 nitrogen and oxygen atoms in total. The van der Waals surface area contributed by atoms with Gasteiger partial charge in [0.1, 0.15) is 0 Å². The van der Waals surface area contributed by atoms with Crippen LogP contribution in [0.1, 0.15) is 76.0 Å². The average Bonchev–Trinajstić information content (AvgIpc) is 2.74. The maximum atomic E-state index is 13.4. The van der Waals surface area contributed by atoms with Gasteiger partial charge in [0, 0.05) is 39.2 Å². The molecule has 2 aliphatic rings. The average molecular weight is 401 g/mol. The van der Waals surface area contributed by atoms with Crippen molar-refractivity contribution in [3.05, 3.63) is 35.4 Å². The molecule has 1 heterocycles. The summed E-state index contributed by atoms with van der Waals surface area (Å²) >= 11 is 0. The fraction of sp³-hybridized carbons (Fsp3) is 0.720. The van der Waals surface area contributed by atoms with Crippen molar-refractivity contribution in [1.82, 2.24) is 9.80 Å². The van der Waals surface area contributed by atoms with Gasteiger partial charge in [-0.15, -0.1) is 0 Å². The molecule has 0 aromatic heterocycles. The van der Waals surface area contributed by atoms with E-state index in [0.29, 0.717) is 24.2 Å². The van der Waals surface area contributed by atoms with E-state index in [0.717, 1.165) is 39.0 Å². The third-order valence-electron chi connectivity index (χ3n) is 6.65. The Hall–Kier alpha value is -1.39. The van der Waals surface area contributed by atoms with Crippen LogP contribution in [0.25, 0.3) is 0 Å². The van der Waals surface area contributed by atoms with Crippen molar-refractivity contribution in [2.75, 3.05) is 32.8 Å². The number of hydrogen-bond acceptors (Lipinski definition) is 3. The summed E-state index contributed by atoms with van der Waals surface area (Å²) in [5.74, 6) is 1.49. The Morgan fingerprint density at radius 2 is 1.93 bits per heavy atom. The molecular formula is C25H40N2O2.